The second-order valence-electron chi connectivity index (χ2n) is 40.2. The van der Waals surface area contributed by atoms with Gasteiger partial charge in [-0.1, -0.05) is 199 Å². The number of ether oxygens (including phenoxy) is 15. The molecule has 6 N–H and O–H groups in total. The van der Waals surface area contributed by atoms with Crippen molar-refractivity contribution >= 4 is 83.0 Å². The number of aliphatic hydroxyl groups is 3. The minimum atomic E-state index is -1.22. The van der Waals surface area contributed by atoms with Crippen LogP contribution in [0.2, 0.25) is 5.02 Å². The lowest BCUT2D eigenvalue weighted by Crippen LogP contribution is -2.57. The van der Waals surface area contributed by atoms with E-state index in [0.717, 1.165) is 16.7 Å². The highest BCUT2D eigenvalue weighted by Gasteiger charge is 2.73. The fourth-order valence-corrected chi connectivity index (χ4v) is 24.8. The van der Waals surface area contributed by atoms with Gasteiger partial charge in [0.25, 0.3) is 0 Å². The zero-order valence-corrected chi connectivity index (χ0v) is 83.6. The number of benzene rings is 2. The van der Waals surface area contributed by atoms with Gasteiger partial charge in [-0.3, -0.25) is 14.4 Å². The van der Waals surface area contributed by atoms with E-state index in [9.17, 15) is 77.2 Å². The van der Waals surface area contributed by atoms with Crippen molar-refractivity contribution in [3.05, 3.63) is 213 Å². The standard InChI is InChI=1S/C38H44ClNO10.C38H44FNO10.C32H41NO10/c2*1-19-16-20(2)38-25(14-15-26-29(38)30(41)21(3)32(33(26)50-38)49-35(43)23-10-6-7-11-23)17-28(46-5)36(44)48-31(19)22(4)47-37(45)34(42)40-18-24-12-8-9-13-27(24)39;1-15-13-16(2)32-20(14-22(39-6)30(37)41-25(15)18(4)40-31(38)28(35)33-5)11-12-21-23(32)24(34)17(3)26(27(21)43-32)42-29(36)19-9-7-8-10-19/h2*6-10,12-16,19,21-22,25-26,28-33,41H,11,17-18H2,1-5H3,(H,40,42);7-9,11-13,15,17-18,20-27,34H,10,14H2,1-6H3,(H,33,35)/b2*20-16+;16-13+/t2*19-,21-,22-,25-,26?,28+,29?,30-,31+,32-,33-,38+;15-,17-,18-,20-,21?,22+,23?,24-,25+,26-,27-,32+/m111/s1. The molecule has 12 bridgehead atoms. The molecule has 0 radical (unpaired) electrons. The number of nitrogens with one attached hydrogen (secondary N) is 3. The summed E-state index contributed by atoms with van der Waals surface area (Å²) >= 11 is 6.17. The lowest BCUT2D eigenvalue weighted by molar-refractivity contribution is -0.180. The SMILES string of the molecule is CNC(=O)C(=O)O[C@H](C)[C@H]1OC(=O)[C@@H](OC)C[C@H]2C=CC3C4[C@H](O)[C@@H](C)[C@@H](OC(=O)C5=CC=CC5)[C@@H]3O[C@]42/C(C)=C/[C@H]1C.CO[C@H]1C[C@H]2C=CC3C4[C@H](O)[C@@H](C)[C@@H](OC(=O)C5=CC=CC5)[C@@H]3O[C@]42/C(C)=C/[C@@H](C)[C@@H]([C@@H](C)OC(=O)C(=O)NCc2ccccc2Cl)OC1=O.CO[C@H]1C[C@H]2C=CC3C4[C@H](O)[C@@H](C)[C@@H](OC(=O)C5=CC=CC5)[C@@H]3O[C@]42/C(C)=C/[C@@H](C)[C@@H]([C@@H](C)OC(=O)C(=O)NCc2ccccc2F)OC1=O. The number of aliphatic hydroxyl groups excluding tert-OH is 3. The highest BCUT2D eigenvalue weighted by molar-refractivity contribution is 6.33. The van der Waals surface area contributed by atoms with Gasteiger partial charge in [0, 0.05) is 158 Å². The Labute approximate surface area is 834 Å². The monoisotopic (exact) mass is 2000 g/mol. The lowest BCUT2D eigenvalue weighted by Gasteiger charge is -2.49. The molecular weight excluding hydrogens is 1870 g/mol. The van der Waals surface area contributed by atoms with Crippen LogP contribution in [0.3, 0.4) is 0 Å². The highest BCUT2D eigenvalue weighted by Crippen LogP contribution is 2.65. The van der Waals surface area contributed by atoms with Crippen molar-refractivity contribution in [3.8, 4) is 0 Å². The number of halogens is 2. The van der Waals surface area contributed by atoms with Crippen LogP contribution in [-0.4, -0.2) is 242 Å². The third-order valence-corrected chi connectivity index (χ3v) is 32.2. The van der Waals surface area contributed by atoms with Gasteiger partial charge in [0.2, 0.25) is 0 Å². The van der Waals surface area contributed by atoms with Crippen molar-refractivity contribution in [2.75, 3.05) is 28.4 Å². The van der Waals surface area contributed by atoms with Gasteiger partial charge >= 0.3 is 71.4 Å². The number of methoxy groups -OCH3 is 3. The van der Waals surface area contributed by atoms with Gasteiger partial charge in [0.15, 0.2) is 18.3 Å². The van der Waals surface area contributed by atoms with Gasteiger partial charge in [0.05, 0.1) is 18.3 Å². The van der Waals surface area contributed by atoms with E-state index in [2.05, 4.69) is 16.0 Å². The first-order chi connectivity index (χ1) is 68.2. The van der Waals surface area contributed by atoms with Gasteiger partial charge in [-0.2, -0.15) is 0 Å². The maximum absolute atomic E-state index is 14.0. The molecule has 17 rings (SSSR count). The van der Waals surface area contributed by atoms with Crippen LogP contribution in [0, 0.1) is 94.6 Å². The number of carbonyl (C=O) groups excluding carboxylic acids is 12. The second-order valence-corrected chi connectivity index (χ2v) is 40.6. The lowest BCUT2D eigenvalue weighted by atomic mass is 9.57. The molecule has 9 aliphatic carbocycles. The summed E-state index contributed by atoms with van der Waals surface area (Å²) in [6, 6.07) is 12.8. The van der Waals surface area contributed by atoms with Crippen LogP contribution in [-0.2, 0) is 142 Å². The van der Waals surface area contributed by atoms with E-state index in [0.29, 0.717) is 46.6 Å². The molecule has 2 aromatic carbocycles. The molecule has 15 aliphatic rings. The van der Waals surface area contributed by atoms with E-state index in [1.165, 1.54) is 53.5 Å². The smallest absolute Gasteiger partial charge is 0.397 e. The number of amides is 3. The quantitative estimate of drug-likeness (QED) is 0.0329. The molecule has 770 valence electrons. The summed E-state index contributed by atoms with van der Waals surface area (Å²) in [5, 5.41) is 43.3. The number of hydrogen-bond donors (Lipinski definition) is 6. The van der Waals surface area contributed by atoms with Crippen LogP contribution >= 0.6 is 11.6 Å². The summed E-state index contributed by atoms with van der Waals surface area (Å²) in [6.45, 7) is 21.2. The Hall–Kier alpha value is -11.2. The van der Waals surface area contributed by atoms with Crippen molar-refractivity contribution in [3.63, 3.8) is 0 Å². The van der Waals surface area contributed by atoms with Crippen LogP contribution in [0.5, 0.6) is 0 Å². The average Bonchev–Trinajstić information content (AvgIpc) is 1.54. The predicted molar refractivity (Wildman–Crippen MR) is 509 cm³/mol. The number of rotatable bonds is 19. The number of allylic oxidation sites excluding steroid dienone is 9. The summed E-state index contributed by atoms with van der Waals surface area (Å²) in [7, 11) is 5.55. The fourth-order valence-electron chi connectivity index (χ4n) is 24.6. The summed E-state index contributed by atoms with van der Waals surface area (Å²) < 4.78 is 104. The average molecular weight is 2000 g/mol. The largest absolute Gasteiger partial charge is 0.456 e. The van der Waals surface area contributed by atoms with Crippen molar-refractivity contribution in [1.82, 2.24) is 16.0 Å². The van der Waals surface area contributed by atoms with Crippen molar-refractivity contribution in [2.45, 2.75) is 261 Å². The molecule has 6 aliphatic heterocycles. The molecule has 2 aromatic rings. The summed E-state index contributed by atoms with van der Waals surface area (Å²) in [6.07, 6.45) is 20.6. The molecule has 6 unspecified atom stereocenters. The number of hydrogen-bond acceptors (Lipinski definition) is 30. The third-order valence-electron chi connectivity index (χ3n) is 31.9. The predicted octanol–water partition coefficient (Wildman–Crippen LogP) is 9.76. The molecule has 36 atom stereocenters. The van der Waals surface area contributed by atoms with Crippen LogP contribution < -0.4 is 16.0 Å². The molecule has 3 saturated heterocycles. The second kappa shape index (κ2) is 44.0. The Morgan fingerprint density at radius 2 is 0.748 bits per heavy atom. The third kappa shape index (κ3) is 20.4. The molecule has 0 aromatic heterocycles. The van der Waals surface area contributed by atoms with Crippen molar-refractivity contribution < 1.29 is 148 Å². The molecule has 3 saturated carbocycles. The molecular formula is C108H129ClFN3O30. The van der Waals surface area contributed by atoms with E-state index < -0.39 is 257 Å². The molecule has 3 amide bonds. The van der Waals surface area contributed by atoms with E-state index in [4.69, 9.17) is 82.7 Å². The molecule has 33 nitrogen and oxygen atoms in total. The Morgan fingerprint density at radius 1 is 0.448 bits per heavy atom. The van der Waals surface area contributed by atoms with Gasteiger partial charge < -0.3 is 102 Å². The maximum Gasteiger partial charge on any atom is 0.397 e. The number of carbonyl (C=O) groups is 12. The topological polar surface area (TPSA) is 440 Å². The van der Waals surface area contributed by atoms with E-state index in [1.54, 1.807) is 69.3 Å². The Balaban J connectivity index is 0.000000162. The first-order valence-corrected chi connectivity index (χ1v) is 49.5. The number of esters is 9. The zero-order chi connectivity index (χ0) is 103. The zero-order valence-electron chi connectivity index (χ0n) is 82.8. The summed E-state index contributed by atoms with van der Waals surface area (Å²) in [5.74, 6) is -16.1. The Morgan fingerprint density at radius 3 is 1.04 bits per heavy atom. The van der Waals surface area contributed by atoms with Crippen LogP contribution in [0.25, 0.3) is 0 Å². The molecule has 143 heavy (non-hydrogen) atoms. The molecule has 6 heterocycles. The normalized spacial score (nSPS) is 38.7. The number of likely N-dealkylation sites (N-methyl/N-ethyl adjacent to an activating group) is 1. The van der Waals surface area contributed by atoms with Gasteiger partial charge in [-0.15, -0.1) is 0 Å². The Kier molecular flexibility index (Phi) is 32.7. The van der Waals surface area contributed by atoms with Crippen LogP contribution in [0.15, 0.2) is 191 Å². The minimum absolute atomic E-state index is 0.0225. The Bertz CT molecular complexity index is 5410. The van der Waals surface area contributed by atoms with E-state index in [1.807, 2.05) is 147 Å². The fraction of sp³-hybridized carbons (Fsp3) is 0.556. The van der Waals surface area contributed by atoms with E-state index in [-0.39, 0.29) is 73.4 Å². The molecule has 6 fully saturated rings. The van der Waals surface area contributed by atoms with Crippen molar-refractivity contribution in [1.29, 1.82) is 0 Å². The van der Waals surface area contributed by atoms with Crippen molar-refractivity contribution in [2.24, 2.45) is 88.8 Å². The molecule has 3 spiro atoms. The van der Waals surface area contributed by atoms with Crippen LogP contribution in [0.4, 0.5) is 4.39 Å². The summed E-state index contributed by atoms with van der Waals surface area (Å²) in [4.78, 5) is 155. The van der Waals surface area contributed by atoms with E-state index >= 15 is 0 Å². The highest BCUT2D eigenvalue weighted by atomic mass is 35.5. The first kappa shape index (κ1) is 106. The first-order valence-electron chi connectivity index (χ1n) is 49.1. The van der Waals surface area contributed by atoms with Gasteiger partial charge in [0.1, 0.15) is 95.9 Å². The minimum Gasteiger partial charge on any atom is -0.456 e. The van der Waals surface area contributed by atoms with Crippen LogP contribution in [0.1, 0.15) is 133 Å². The van der Waals surface area contributed by atoms with Gasteiger partial charge in [-0.25, -0.2) is 47.5 Å². The van der Waals surface area contributed by atoms with Gasteiger partial charge in [-0.05, 0) is 114 Å². The molecule has 35 heteroatoms. The maximum atomic E-state index is 14.0. The number of cyclic esters (lactones) is 3. The summed E-state index contributed by atoms with van der Waals surface area (Å²) in [5.41, 5.74) is 1.70.